The molecule has 0 N–H and O–H groups in total. The second kappa shape index (κ2) is 8.85. The second-order valence-corrected chi connectivity index (χ2v) is 7.79. The van der Waals surface area contributed by atoms with Crippen LogP contribution in [-0.2, 0) is 29.0 Å². The predicted molar refractivity (Wildman–Crippen MR) is 80.9 cm³/mol. The van der Waals surface area contributed by atoms with Crippen molar-refractivity contribution in [2.45, 2.75) is 58.0 Å². The number of imide groups is 1. The van der Waals surface area contributed by atoms with Crippen LogP contribution in [0.15, 0.2) is 0 Å². The predicted octanol–water partition coefficient (Wildman–Crippen LogP) is 1.59. The lowest BCUT2D eigenvalue weighted by atomic mass is 10.1. The fourth-order valence-corrected chi connectivity index (χ4v) is 3.11. The van der Waals surface area contributed by atoms with Gasteiger partial charge in [-0.2, -0.15) is 0 Å². The minimum absolute atomic E-state index is 0.0180. The molecule has 132 valence electrons. The average Bonchev–Trinajstić information content (AvgIpc) is 2.73. The lowest BCUT2D eigenvalue weighted by Crippen LogP contribution is -2.35. The van der Waals surface area contributed by atoms with Gasteiger partial charge in [-0.05, 0) is 12.8 Å². The number of rotatable bonds is 9. The number of hydrogen-bond donors (Lipinski definition) is 0. The van der Waals surface area contributed by atoms with Crippen molar-refractivity contribution in [3.63, 3.8) is 0 Å². The number of hydroxylamine groups is 2. The highest BCUT2D eigenvalue weighted by atomic mass is 32.2. The van der Waals surface area contributed by atoms with Crippen molar-refractivity contribution in [2.24, 2.45) is 0 Å². The average molecular weight is 349 g/mol. The van der Waals surface area contributed by atoms with Crippen molar-refractivity contribution in [3.05, 3.63) is 0 Å². The molecule has 0 bridgehead atoms. The first-order chi connectivity index (χ1) is 10.7. The van der Waals surface area contributed by atoms with Gasteiger partial charge in [0, 0.05) is 19.1 Å². The molecule has 1 rings (SSSR count). The number of unbranched alkanes of at least 4 members (excludes halogenated alkanes) is 3. The number of carbonyl (C=O) groups excluding carboxylic acids is 3. The van der Waals surface area contributed by atoms with Gasteiger partial charge in [-0.1, -0.05) is 31.2 Å². The standard InChI is InChI=1S/C14H23NO7S/c1-3-4-5-6-7-11(10-23(2,19)20)21-14(18)22-15-12(16)8-9-13(15)17/h11H,3-10H2,1-2H3. The van der Waals surface area contributed by atoms with E-state index < -0.39 is 33.9 Å². The Morgan fingerprint density at radius 1 is 1.17 bits per heavy atom. The van der Waals surface area contributed by atoms with E-state index >= 15 is 0 Å². The first-order valence-electron chi connectivity index (χ1n) is 7.65. The molecule has 0 saturated carbocycles. The third-order valence-electron chi connectivity index (χ3n) is 3.30. The molecule has 0 radical (unpaired) electrons. The lowest BCUT2D eigenvalue weighted by molar-refractivity contribution is -0.178. The van der Waals surface area contributed by atoms with Crippen LogP contribution >= 0.6 is 0 Å². The summed E-state index contributed by atoms with van der Waals surface area (Å²) in [5, 5.41) is 0.372. The largest absolute Gasteiger partial charge is 0.534 e. The van der Waals surface area contributed by atoms with Crippen LogP contribution in [-0.4, -0.2) is 49.6 Å². The molecule has 1 aliphatic heterocycles. The van der Waals surface area contributed by atoms with E-state index in [0.29, 0.717) is 17.9 Å². The summed E-state index contributed by atoms with van der Waals surface area (Å²) >= 11 is 0. The zero-order valence-corrected chi connectivity index (χ0v) is 14.3. The van der Waals surface area contributed by atoms with Crippen molar-refractivity contribution in [1.29, 1.82) is 0 Å². The molecule has 1 aliphatic rings. The van der Waals surface area contributed by atoms with E-state index in [4.69, 9.17) is 4.74 Å². The highest BCUT2D eigenvalue weighted by molar-refractivity contribution is 7.90. The van der Waals surface area contributed by atoms with Gasteiger partial charge in [-0.3, -0.25) is 14.4 Å². The fraction of sp³-hybridized carbons (Fsp3) is 0.786. The Bertz CT molecular complexity index is 527. The smallest absolute Gasteiger partial charge is 0.428 e. The lowest BCUT2D eigenvalue weighted by Gasteiger charge is -2.18. The van der Waals surface area contributed by atoms with E-state index in [0.717, 1.165) is 25.5 Å². The van der Waals surface area contributed by atoms with Gasteiger partial charge in [0.1, 0.15) is 6.10 Å². The Kier molecular flexibility index (Phi) is 7.47. The molecule has 0 aromatic rings. The summed E-state index contributed by atoms with van der Waals surface area (Å²) in [7, 11) is -3.34. The second-order valence-electron chi connectivity index (χ2n) is 5.60. The molecular formula is C14H23NO7S. The van der Waals surface area contributed by atoms with Crippen LogP contribution in [0.3, 0.4) is 0 Å². The summed E-state index contributed by atoms with van der Waals surface area (Å²) in [6, 6.07) is 0. The third kappa shape index (κ3) is 7.45. The monoisotopic (exact) mass is 349 g/mol. The zero-order valence-electron chi connectivity index (χ0n) is 13.4. The molecule has 23 heavy (non-hydrogen) atoms. The maximum atomic E-state index is 11.7. The minimum Gasteiger partial charge on any atom is -0.428 e. The first-order valence-corrected chi connectivity index (χ1v) is 9.71. The Morgan fingerprint density at radius 3 is 2.30 bits per heavy atom. The molecule has 1 saturated heterocycles. The summed E-state index contributed by atoms with van der Waals surface area (Å²) in [4.78, 5) is 39.0. The van der Waals surface area contributed by atoms with E-state index in [9.17, 15) is 22.8 Å². The van der Waals surface area contributed by atoms with Crippen LogP contribution < -0.4 is 0 Å². The molecule has 1 heterocycles. The van der Waals surface area contributed by atoms with E-state index in [-0.39, 0.29) is 18.6 Å². The van der Waals surface area contributed by atoms with Crippen LogP contribution in [0.2, 0.25) is 0 Å². The molecular weight excluding hydrogens is 326 g/mol. The van der Waals surface area contributed by atoms with Gasteiger partial charge in [0.05, 0.1) is 5.75 Å². The van der Waals surface area contributed by atoms with E-state index in [2.05, 4.69) is 4.84 Å². The molecule has 9 heteroatoms. The van der Waals surface area contributed by atoms with Crippen molar-refractivity contribution >= 4 is 27.8 Å². The zero-order chi connectivity index (χ0) is 17.5. The van der Waals surface area contributed by atoms with E-state index in [1.165, 1.54) is 0 Å². The molecule has 1 fully saturated rings. The number of nitrogens with zero attached hydrogens (tertiary/aromatic N) is 1. The number of hydrogen-bond acceptors (Lipinski definition) is 7. The van der Waals surface area contributed by atoms with Crippen molar-refractivity contribution in [3.8, 4) is 0 Å². The van der Waals surface area contributed by atoms with Gasteiger partial charge in [-0.15, -0.1) is 0 Å². The molecule has 1 unspecified atom stereocenters. The molecule has 0 spiro atoms. The van der Waals surface area contributed by atoms with Crippen LogP contribution in [0.25, 0.3) is 0 Å². The fourth-order valence-electron chi connectivity index (χ4n) is 2.20. The summed E-state index contributed by atoms with van der Waals surface area (Å²) in [6.07, 6.45) is 2.94. The molecule has 1 atom stereocenters. The van der Waals surface area contributed by atoms with Crippen molar-refractivity contribution in [2.75, 3.05) is 12.0 Å². The number of carbonyl (C=O) groups is 3. The normalized spacial score (nSPS) is 16.5. The first kappa shape index (κ1) is 19.4. The third-order valence-corrected chi connectivity index (χ3v) is 4.28. The van der Waals surface area contributed by atoms with Gasteiger partial charge >= 0.3 is 6.16 Å². The van der Waals surface area contributed by atoms with Crippen LogP contribution in [0, 0.1) is 0 Å². The summed E-state index contributed by atoms with van der Waals surface area (Å²) in [5.41, 5.74) is 0. The van der Waals surface area contributed by atoms with Crippen molar-refractivity contribution < 1.29 is 32.4 Å². The quantitative estimate of drug-likeness (QED) is 0.353. The molecule has 0 aromatic heterocycles. The minimum atomic E-state index is -3.34. The van der Waals surface area contributed by atoms with Crippen LogP contribution in [0.1, 0.15) is 51.9 Å². The SMILES string of the molecule is CCCCCCC(CS(C)(=O)=O)OC(=O)ON1C(=O)CCC1=O. The Labute approximate surface area is 136 Å². The van der Waals surface area contributed by atoms with E-state index in [1.807, 2.05) is 6.92 Å². The van der Waals surface area contributed by atoms with Crippen molar-refractivity contribution in [1.82, 2.24) is 5.06 Å². The summed E-state index contributed by atoms with van der Waals surface area (Å²) < 4.78 is 27.8. The highest BCUT2D eigenvalue weighted by Gasteiger charge is 2.34. The maximum absolute atomic E-state index is 11.7. The van der Waals surface area contributed by atoms with Gasteiger partial charge < -0.3 is 4.74 Å². The maximum Gasteiger partial charge on any atom is 0.534 e. The number of amides is 2. The van der Waals surface area contributed by atoms with Gasteiger partial charge in [0.15, 0.2) is 9.84 Å². The van der Waals surface area contributed by atoms with Crippen LogP contribution in [0.4, 0.5) is 4.79 Å². The Balaban J connectivity index is 2.54. The summed E-state index contributed by atoms with van der Waals surface area (Å²) in [6.45, 7) is 2.05. The highest BCUT2D eigenvalue weighted by Crippen LogP contribution is 2.15. The van der Waals surface area contributed by atoms with Gasteiger partial charge in [0.25, 0.3) is 11.8 Å². The van der Waals surface area contributed by atoms with E-state index in [1.54, 1.807) is 0 Å². The Morgan fingerprint density at radius 2 is 1.78 bits per heavy atom. The van der Waals surface area contributed by atoms with Crippen LogP contribution in [0.5, 0.6) is 0 Å². The Hall–Kier alpha value is -1.64. The number of ether oxygens (including phenoxy) is 1. The topological polar surface area (TPSA) is 107 Å². The molecule has 8 nitrogen and oxygen atoms in total. The number of sulfone groups is 1. The molecule has 2 amide bonds. The van der Waals surface area contributed by atoms with Gasteiger partial charge in [-0.25, -0.2) is 13.2 Å². The van der Waals surface area contributed by atoms with Gasteiger partial charge in [0.2, 0.25) is 0 Å². The molecule has 0 aromatic carbocycles. The summed E-state index contributed by atoms with van der Waals surface area (Å²) in [5.74, 6) is -1.56. The molecule has 0 aliphatic carbocycles.